The predicted molar refractivity (Wildman–Crippen MR) is 67.7 cm³/mol. The second kappa shape index (κ2) is 5.58. The Balaban J connectivity index is 2.34. The van der Waals surface area contributed by atoms with E-state index in [9.17, 15) is 4.79 Å². The average Bonchev–Trinajstić information content (AvgIpc) is 2.60. The first-order valence-electron chi connectivity index (χ1n) is 5.93. The molecule has 0 N–H and O–H groups in total. The van der Waals surface area contributed by atoms with Crippen molar-refractivity contribution in [2.75, 3.05) is 20.3 Å². The molecular formula is C14H16O4. The Labute approximate surface area is 106 Å². The lowest BCUT2D eigenvalue weighted by molar-refractivity contribution is -0.138. The van der Waals surface area contributed by atoms with Crippen LogP contribution in [0.15, 0.2) is 23.8 Å². The smallest absolute Gasteiger partial charge is 0.334 e. The van der Waals surface area contributed by atoms with Gasteiger partial charge in [-0.05, 0) is 31.2 Å². The number of carbonyl (C=O) groups excluding carboxylic acids is 1. The van der Waals surface area contributed by atoms with Crippen LogP contribution in [0, 0.1) is 0 Å². The first-order valence-corrected chi connectivity index (χ1v) is 5.93. The maximum absolute atomic E-state index is 11.7. The third kappa shape index (κ3) is 2.64. The monoisotopic (exact) mass is 248 g/mol. The quantitative estimate of drug-likeness (QED) is 0.771. The number of carbonyl (C=O) groups is 1. The molecule has 1 aromatic rings. The molecular weight excluding hydrogens is 232 g/mol. The molecule has 0 bridgehead atoms. The fraction of sp³-hybridized carbons (Fsp3) is 0.357. The van der Waals surface area contributed by atoms with Crippen molar-refractivity contribution < 1.29 is 19.0 Å². The van der Waals surface area contributed by atoms with Crippen LogP contribution in [0.25, 0.3) is 6.08 Å². The van der Waals surface area contributed by atoms with Gasteiger partial charge in [-0.2, -0.15) is 0 Å². The molecule has 1 aliphatic heterocycles. The Kier molecular flexibility index (Phi) is 3.87. The molecule has 96 valence electrons. The van der Waals surface area contributed by atoms with Crippen molar-refractivity contribution in [3.8, 4) is 11.5 Å². The van der Waals surface area contributed by atoms with E-state index in [4.69, 9.17) is 14.2 Å². The van der Waals surface area contributed by atoms with Gasteiger partial charge in [-0.25, -0.2) is 4.79 Å². The molecule has 0 unspecified atom stereocenters. The van der Waals surface area contributed by atoms with E-state index in [1.165, 1.54) is 0 Å². The zero-order valence-corrected chi connectivity index (χ0v) is 10.6. The molecule has 1 aliphatic rings. The van der Waals surface area contributed by atoms with E-state index in [0.29, 0.717) is 25.2 Å². The zero-order chi connectivity index (χ0) is 13.0. The van der Waals surface area contributed by atoms with E-state index in [2.05, 4.69) is 0 Å². The minimum atomic E-state index is -0.281. The molecule has 2 rings (SSSR count). The normalized spacial score (nSPS) is 13.8. The number of hydrogen-bond donors (Lipinski definition) is 0. The molecule has 4 nitrogen and oxygen atoms in total. The lowest BCUT2D eigenvalue weighted by atomic mass is 10.1. The number of methoxy groups -OCH3 is 1. The van der Waals surface area contributed by atoms with Crippen molar-refractivity contribution in [1.82, 2.24) is 0 Å². The van der Waals surface area contributed by atoms with Crippen molar-refractivity contribution in [1.29, 1.82) is 0 Å². The molecule has 0 spiro atoms. The van der Waals surface area contributed by atoms with Crippen LogP contribution >= 0.6 is 0 Å². The predicted octanol–water partition coefficient (Wildman–Crippen LogP) is 2.42. The summed E-state index contributed by atoms with van der Waals surface area (Å²) in [6.45, 7) is 2.65. The maximum atomic E-state index is 11.7. The zero-order valence-electron chi connectivity index (χ0n) is 10.6. The minimum absolute atomic E-state index is 0.281. The van der Waals surface area contributed by atoms with Crippen LogP contribution in [0.2, 0.25) is 0 Å². The molecule has 0 amide bonds. The highest BCUT2D eigenvalue weighted by Crippen LogP contribution is 2.29. The lowest BCUT2D eigenvalue weighted by Gasteiger charge is -2.07. The first kappa shape index (κ1) is 12.5. The summed E-state index contributed by atoms with van der Waals surface area (Å²) < 4.78 is 15.8. The number of esters is 1. The van der Waals surface area contributed by atoms with Gasteiger partial charge in [-0.1, -0.05) is 0 Å². The fourth-order valence-corrected chi connectivity index (χ4v) is 1.81. The second-order valence-electron chi connectivity index (χ2n) is 3.89. The SMILES string of the molecule is CCOC(=O)C1=Cc2cc(OC)ccc2OCC1. The molecule has 4 heteroatoms. The largest absolute Gasteiger partial charge is 0.497 e. The average molecular weight is 248 g/mol. The second-order valence-corrected chi connectivity index (χ2v) is 3.89. The fourth-order valence-electron chi connectivity index (χ4n) is 1.81. The highest BCUT2D eigenvalue weighted by atomic mass is 16.5. The van der Waals surface area contributed by atoms with E-state index >= 15 is 0 Å². The Morgan fingerprint density at radius 2 is 2.28 bits per heavy atom. The van der Waals surface area contributed by atoms with Gasteiger partial charge in [0.15, 0.2) is 0 Å². The summed E-state index contributed by atoms with van der Waals surface area (Å²) in [6.07, 6.45) is 2.36. The summed E-state index contributed by atoms with van der Waals surface area (Å²) in [6, 6.07) is 5.53. The minimum Gasteiger partial charge on any atom is -0.497 e. The van der Waals surface area contributed by atoms with Gasteiger partial charge in [0.05, 0.1) is 20.3 Å². The highest BCUT2D eigenvalue weighted by Gasteiger charge is 2.16. The van der Waals surface area contributed by atoms with Gasteiger partial charge >= 0.3 is 5.97 Å². The van der Waals surface area contributed by atoms with Crippen molar-refractivity contribution in [2.45, 2.75) is 13.3 Å². The summed E-state index contributed by atoms with van der Waals surface area (Å²) in [4.78, 5) is 11.7. The van der Waals surface area contributed by atoms with Crippen LogP contribution in [0.4, 0.5) is 0 Å². The number of benzene rings is 1. The van der Waals surface area contributed by atoms with Crippen LogP contribution < -0.4 is 9.47 Å². The summed E-state index contributed by atoms with van der Waals surface area (Å²) in [5.41, 5.74) is 1.47. The van der Waals surface area contributed by atoms with E-state index in [0.717, 1.165) is 17.1 Å². The Morgan fingerprint density at radius 1 is 1.44 bits per heavy atom. The number of hydrogen-bond acceptors (Lipinski definition) is 4. The van der Waals surface area contributed by atoms with E-state index in [-0.39, 0.29) is 5.97 Å². The molecule has 18 heavy (non-hydrogen) atoms. The van der Waals surface area contributed by atoms with Crippen LogP contribution in [0.1, 0.15) is 18.9 Å². The van der Waals surface area contributed by atoms with Crippen LogP contribution in [-0.4, -0.2) is 26.3 Å². The van der Waals surface area contributed by atoms with Gasteiger partial charge in [0.1, 0.15) is 11.5 Å². The van der Waals surface area contributed by atoms with Crippen LogP contribution in [0.5, 0.6) is 11.5 Å². The maximum Gasteiger partial charge on any atom is 0.334 e. The Morgan fingerprint density at radius 3 is 3.00 bits per heavy atom. The molecule has 0 atom stereocenters. The van der Waals surface area contributed by atoms with Gasteiger partial charge in [0.2, 0.25) is 0 Å². The summed E-state index contributed by atoms with van der Waals surface area (Å²) >= 11 is 0. The Hall–Kier alpha value is -1.97. The lowest BCUT2D eigenvalue weighted by Crippen LogP contribution is -2.09. The topological polar surface area (TPSA) is 44.8 Å². The summed E-state index contributed by atoms with van der Waals surface area (Å²) in [5.74, 6) is 1.21. The third-order valence-electron chi connectivity index (χ3n) is 2.71. The summed E-state index contributed by atoms with van der Waals surface area (Å²) in [7, 11) is 1.61. The van der Waals surface area contributed by atoms with E-state index in [1.807, 2.05) is 24.3 Å². The van der Waals surface area contributed by atoms with Gasteiger partial charge in [0.25, 0.3) is 0 Å². The molecule has 1 aromatic carbocycles. The third-order valence-corrected chi connectivity index (χ3v) is 2.71. The summed E-state index contributed by atoms with van der Waals surface area (Å²) in [5, 5.41) is 0. The molecule has 0 radical (unpaired) electrons. The van der Waals surface area contributed by atoms with Gasteiger partial charge in [-0.3, -0.25) is 0 Å². The van der Waals surface area contributed by atoms with Crippen LogP contribution in [-0.2, 0) is 9.53 Å². The Bertz CT molecular complexity index is 477. The molecule has 0 saturated carbocycles. The van der Waals surface area contributed by atoms with Crippen molar-refractivity contribution in [3.05, 3.63) is 29.3 Å². The molecule has 0 saturated heterocycles. The van der Waals surface area contributed by atoms with Crippen molar-refractivity contribution in [3.63, 3.8) is 0 Å². The van der Waals surface area contributed by atoms with Gasteiger partial charge < -0.3 is 14.2 Å². The van der Waals surface area contributed by atoms with E-state index < -0.39 is 0 Å². The standard InChI is InChI=1S/C14H16O4/c1-3-17-14(15)10-6-7-18-13-5-4-12(16-2)9-11(13)8-10/h4-5,8-9H,3,6-7H2,1-2H3. The highest BCUT2D eigenvalue weighted by molar-refractivity contribution is 5.94. The van der Waals surface area contributed by atoms with Crippen molar-refractivity contribution >= 4 is 12.0 Å². The van der Waals surface area contributed by atoms with Crippen molar-refractivity contribution in [2.24, 2.45) is 0 Å². The molecule has 0 aromatic heterocycles. The van der Waals surface area contributed by atoms with Crippen LogP contribution in [0.3, 0.4) is 0 Å². The number of ether oxygens (including phenoxy) is 3. The number of rotatable bonds is 3. The van der Waals surface area contributed by atoms with Gasteiger partial charge in [0, 0.05) is 17.6 Å². The molecule has 0 fully saturated rings. The first-order chi connectivity index (χ1) is 8.74. The number of fused-ring (bicyclic) bond motifs is 1. The van der Waals surface area contributed by atoms with Gasteiger partial charge in [-0.15, -0.1) is 0 Å². The molecule has 1 heterocycles. The molecule has 0 aliphatic carbocycles. The van der Waals surface area contributed by atoms with E-state index in [1.54, 1.807) is 14.0 Å².